The molecule has 4 heteroatoms. The number of rotatable bonds is 6. The highest BCUT2D eigenvalue weighted by Crippen LogP contribution is 2.18. The summed E-state index contributed by atoms with van der Waals surface area (Å²) in [6.07, 6.45) is 3.36. The molecule has 0 aromatic heterocycles. The molecule has 1 rings (SSSR count). The molecule has 0 saturated heterocycles. The Morgan fingerprint density at radius 1 is 1.44 bits per heavy atom. The average molecular weight is 239 g/mol. The van der Waals surface area contributed by atoms with E-state index in [-0.39, 0.29) is 5.25 Å². The van der Waals surface area contributed by atoms with Gasteiger partial charge in [-0.1, -0.05) is 30.3 Å². The van der Waals surface area contributed by atoms with Crippen LogP contribution < -0.4 is 5.73 Å². The van der Waals surface area contributed by atoms with Gasteiger partial charge in [0.15, 0.2) is 0 Å². The molecule has 0 amide bonds. The first-order valence-electron chi connectivity index (χ1n) is 5.18. The van der Waals surface area contributed by atoms with E-state index in [1.807, 2.05) is 24.5 Å². The van der Waals surface area contributed by atoms with Gasteiger partial charge in [-0.25, -0.2) is 0 Å². The van der Waals surface area contributed by atoms with Gasteiger partial charge in [-0.15, -0.1) is 0 Å². The molecule has 0 saturated carbocycles. The number of nitrogens with two attached hydrogens (primary N) is 1. The minimum atomic E-state index is -0.924. The zero-order valence-electron chi connectivity index (χ0n) is 9.30. The maximum Gasteiger partial charge on any atom is 0.320 e. The lowest BCUT2D eigenvalue weighted by molar-refractivity contribution is -0.138. The molecule has 16 heavy (non-hydrogen) atoms. The van der Waals surface area contributed by atoms with Crippen LogP contribution in [0.4, 0.5) is 0 Å². The van der Waals surface area contributed by atoms with E-state index in [2.05, 4.69) is 12.1 Å². The van der Waals surface area contributed by atoms with Gasteiger partial charge >= 0.3 is 5.97 Å². The molecule has 3 nitrogen and oxygen atoms in total. The highest BCUT2D eigenvalue weighted by Gasteiger charge is 2.18. The molecule has 0 aliphatic rings. The molecule has 88 valence electrons. The average Bonchev–Trinajstić information content (AvgIpc) is 2.29. The van der Waals surface area contributed by atoms with E-state index in [1.54, 1.807) is 11.8 Å². The van der Waals surface area contributed by atoms with E-state index >= 15 is 0 Å². The SMILES string of the molecule is CSC(Cc1ccccc1)CC(N)C(=O)O. The van der Waals surface area contributed by atoms with Crippen LogP contribution in [0.15, 0.2) is 30.3 Å². The Hall–Kier alpha value is -1.00. The summed E-state index contributed by atoms with van der Waals surface area (Å²) < 4.78 is 0. The molecule has 0 heterocycles. The van der Waals surface area contributed by atoms with Gasteiger partial charge in [-0.3, -0.25) is 4.79 Å². The Labute approximate surface area is 100 Å². The van der Waals surface area contributed by atoms with Gasteiger partial charge in [0.2, 0.25) is 0 Å². The number of carboxylic acid groups (broad SMARTS) is 1. The summed E-state index contributed by atoms with van der Waals surface area (Å²) in [5.41, 5.74) is 6.76. The van der Waals surface area contributed by atoms with Gasteiger partial charge in [0.1, 0.15) is 6.04 Å². The second-order valence-corrected chi connectivity index (χ2v) is 4.87. The van der Waals surface area contributed by atoms with Crippen LogP contribution in [0.1, 0.15) is 12.0 Å². The fourth-order valence-corrected chi connectivity index (χ4v) is 2.28. The van der Waals surface area contributed by atoms with E-state index in [1.165, 1.54) is 5.56 Å². The zero-order chi connectivity index (χ0) is 12.0. The highest BCUT2D eigenvalue weighted by molar-refractivity contribution is 7.99. The summed E-state index contributed by atoms with van der Waals surface area (Å²) >= 11 is 1.67. The Morgan fingerprint density at radius 3 is 2.56 bits per heavy atom. The first-order valence-corrected chi connectivity index (χ1v) is 6.47. The van der Waals surface area contributed by atoms with Crippen molar-refractivity contribution in [2.24, 2.45) is 5.73 Å². The Kier molecular flexibility index (Phi) is 5.35. The van der Waals surface area contributed by atoms with Crippen LogP contribution in [-0.2, 0) is 11.2 Å². The standard InChI is InChI=1S/C12H17NO2S/c1-16-10(8-11(13)12(14)15)7-9-5-3-2-4-6-9/h2-6,10-11H,7-8,13H2,1H3,(H,14,15). The molecule has 0 radical (unpaired) electrons. The molecule has 0 aliphatic heterocycles. The third kappa shape index (κ3) is 4.24. The lowest BCUT2D eigenvalue weighted by atomic mass is 10.0. The van der Waals surface area contributed by atoms with Gasteiger partial charge in [-0.2, -0.15) is 11.8 Å². The van der Waals surface area contributed by atoms with Crippen molar-refractivity contribution in [3.05, 3.63) is 35.9 Å². The summed E-state index contributed by atoms with van der Waals surface area (Å²) in [5, 5.41) is 9.02. The summed E-state index contributed by atoms with van der Waals surface area (Å²) in [6, 6.07) is 9.29. The molecule has 2 unspecified atom stereocenters. The summed E-state index contributed by atoms with van der Waals surface area (Å²) in [5.74, 6) is -0.924. The molecule has 1 aromatic carbocycles. The third-order valence-corrected chi connectivity index (χ3v) is 3.50. The Morgan fingerprint density at radius 2 is 2.06 bits per heavy atom. The van der Waals surface area contributed by atoms with E-state index in [0.717, 1.165) is 6.42 Å². The molecule has 0 spiro atoms. The largest absolute Gasteiger partial charge is 0.480 e. The van der Waals surface area contributed by atoms with Crippen LogP contribution in [0.25, 0.3) is 0 Å². The van der Waals surface area contributed by atoms with Gasteiger partial charge < -0.3 is 10.8 Å². The fourth-order valence-electron chi connectivity index (χ4n) is 1.52. The summed E-state index contributed by atoms with van der Waals surface area (Å²) in [7, 11) is 0. The van der Waals surface area contributed by atoms with Crippen molar-refractivity contribution in [3.8, 4) is 0 Å². The first-order chi connectivity index (χ1) is 7.63. The number of aliphatic carboxylic acids is 1. The molecule has 2 atom stereocenters. The Balaban J connectivity index is 2.53. The zero-order valence-corrected chi connectivity index (χ0v) is 10.1. The van der Waals surface area contributed by atoms with Gasteiger partial charge in [0, 0.05) is 5.25 Å². The summed E-state index contributed by atoms with van der Waals surface area (Å²) in [4.78, 5) is 10.7. The minimum Gasteiger partial charge on any atom is -0.480 e. The third-order valence-electron chi connectivity index (χ3n) is 2.47. The number of hydrogen-bond donors (Lipinski definition) is 2. The lowest BCUT2D eigenvalue weighted by Crippen LogP contribution is -2.33. The second-order valence-electron chi connectivity index (χ2n) is 3.73. The smallest absolute Gasteiger partial charge is 0.320 e. The van der Waals surface area contributed by atoms with Crippen LogP contribution in [0.5, 0.6) is 0 Å². The van der Waals surface area contributed by atoms with Crippen molar-refractivity contribution in [2.45, 2.75) is 24.1 Å². The van der Waals surface area contributed by atoms with Crippen molar-refractivity contribution in [1.29, 1.82) is 0 Å². The molecule has 1 aromatic rings. The quantitative estimate of drug-likeness (QED) is 0.794. The maximum absolute atomic E-state index is 10.7. The van der Waals surface area contributed by atoms with Gasteiger partial charge in [0.25, 0.3) is 0 Å². The maximum atomic E-state index is 10.7. The van der Waals surface area contributed by atoms with Crippen LogP contribution in [0, 0.1) is 0 Å². The van der Waals surface area contributed by atoms with E-state index in [9.17, 15) is 4.79 Å². The van der Waals surface area contributed by atoms with Gasteiger partial charge in [0.05, 0.1) is 0 Å². The second kappa shape index (κ2) is 6.55. The molecular weight excluding hydrogens is 222 g/mol. The first kappa shape index (κ1) is 13.1. The monoisotopic (exact) mass is 239 g/mol. The van der Waals surface area contributed by atoms with Gasteiger partial charge in [-0.05, 0) is 24.7 Å². The molecule has 0 fully saturated rings. The van der Waals surface area contributed by atoms with Crippen LogP contribution in [0.2, 0.25) is 0 Å². The lowest BCUT2D eigenvalue weighted by Gasteiger charge is -2.16. The number of benzene rings is 1. The van der Waals surface area contributed by atoms with Crippen LogP contribution >= 0.6 is 11.8 Å². The normalized spacial score (nSPS) is 14.4. The predicted molar refractivity (Wildman–Crippen MR) is 67.7 cm³/mol. The van der Waals surface area contributed by atoms with Crippen molar-refractivity contribution in [2.75, 3.05) is 6.26 Å². The fraction of sp³-hybridized carbons (Fsp3) is 0.417. The summed E-state index contributed by atoms with van der Waals surface area (Å²) in [6.45, 7) is 0. The van der Waals surface area contributed by atoms with Crippen molar-refractivity contribution in [1.82, 2.24) is 0 Å². The number of thioether (sulfide) groups is 1. The molecule has 0 aliphatic carbocycles. The molecule has 3 N–H and O–H groups in total. The molecule has 0 bridgehead atoms. The minimum absolute atomic E-state index is 0.258. The van der Waals surface area contributed by atoms with Crippen molar-refractivity contribution in [3.63, 3.8) is 0 Å². The number of carbonyl (C=O) groups is 1. The predicted octanol–water partition coefficient (Wildman–Crippen LogP) is 1.76. The Bertz CT molecular complexity index is 329. The highest BCUT2D eigenvalue weighted by atomic mass is 32.2. The van der Waals surface area contributed by atoms with E-state index in [0.29, 0.717) is 6.42 Å². The van der Waals surface area contributed by atoms with Crippen molar-refractivity contribution >= 4 is 17.7 Å². The van der Waals surface area contributed by atoms with Crippen LogP contribution in [-0.4, -0.2) is 28.6 Å². The van der Waals surface area contributed by atoms with Crippen LogP contribution in [0.3, 0.4) is 0 Å². The van der Waals surface area contributed by atoms with E-state index < -0.39 is 12.0 Å². The molecular formula is C12H17NO2S. The van der Waals surface area contributed by atoms with Crippen molar-refractivity contribution < 1.29 is 9.90 Å². The number of hydrogen-bond acceptors (Lipinski definition) is 3. The topological polar surface area (TPSA) is 63.3 Å². The van der Waals surface area contributed by atoms with E-state index in [4.69, 9.17) is 10.8 Å². The number of carboxylic acids is 1.